The third kappa shape index (κ3) is 0.858. The van der Waals surface area contributed by atoms with Crippen LogP contribution < -0.4 is 5.73 Å². The fraction of sp³-hybridized carbons (Fsp3) is 1.00. The zero-order valence-electron chi connectivity index (χ0n) is 6.15. The van der Waals surface area contributed by atoms with Gasteiger partial charge in [-0.3, -0.25) is 0 Å². The van der Waals surface area contributed by atoms with E-state index in [-0.39, 0.29) is 5.54 Å². The maximum atomic E-state index is 13.3. The van der Waals surface area contributed by atoms with E-state index in [1.54, 1.807) is 0 Å². The Labute approximate surface area is 60.8 Å². The molecule has 2 aliphatic rings. The van der Waals surface area contributed by atoms with Crippen molar-refractivity contribution in [1.82, 2.24) is 0 Å². The summed E-state index contributed by atoms with van der Waals surface area (Å²) < 4.78 is 13.3. The maximum Gasteiger partial charge on any atom is 0.121 e. The normalized spacial score (nSPS) is 33.0. The third-order valence-corrected chi connectivity index (χ3v) is 2.94. The molecule has 0 aromatic carbocycles. The van der Waals surface area contributed by atoms with Crippen LogP contribution in [0.5, 0.6) is 0 Å². The van der Waals surface area contributed by atoms with E-state index in [0.29, 0.717) is 5.92 Å². The van der Waals surface area contributed by atoms with Crippen molar-refractivity contribution in [3.8, 4) is 0 Å². The van der Waals surface area contributed by atoms with Crippen molar-refractivity contribution in [2.75, 3.05) is 0 Å². The van der Waals surface area contributed by atoms with E-state index in [2.05, 4.69) is 0 Å². The van der Waals surface area contributed by atoms with Crippen LogP contribution in [-0.2, 0) is 0 Å². The molecule has 2 heteroatoms. The lowest BCUT2D eigenvalue weighted by Crippen LogP contribution is -2.41. The number of alkyl halides is 1. The molecule has 2 aliphatic carbocycles. The zero-order valence-corrected chi connectivity index (χ0v) is 6.15. The van der Waals surface area contributed by atoms with Gasteiger partial charge in [-0.25, -0.2) is 4.39 Å². The molecule has 1 atom stereocenters. The number of hydrogen-bond acceptors (Lipinski definition) is 1. The predicted octanol–water partition coefficient (Wildman–Crippen LogP) is 1.62. The third-order valence-electron chi connectivity index (χ3n) is 2.94. The monoisotopic (exact) mass is 143 g/mol. The van der Waals surface area contributed by atoms with Gasteiger partial charge >= 0.3 is 0 Å². The molecule has 1 unspecified atom stereocenters. The summed E-state index contributed by atoms with van der Waals surface area (Å²) in [7, 11) is 0. The minimum Gasteiger partial charge on any atom is -0.323 e. The summed E-state index contributed by atoms with van der Waals surface area (Å²) in [6, 6.07) is 0. The molecular weight excluding hydrogens is 129 g/mol. The summed E-state index contributed by atoms with van der Waals surface area (Å²) in [5.41, 5.74) is 5.34. The Hall–Kier alpha value is -0.110. The highest BCUT2D eigenvalue weighted by Gasteiger charge is 2.50. The van der Waals surface area contributed by atoms with Crippen molar-refractivity contribution in [3.63, 3.8) is 0 Å². The van der Waals surface area contributed by atoms with E-state index in [4.69, 9.17) is 5.73 Å². The molecule has 0 aromatic rings. The van der Waals surface area contributed by atoms with E-state index < -0.39 is 6.17 Å². The van der Waals surface area contributed by atoms with Crippen LogP contribution in [0.1, 0.15) is 32.1 Å². The smallest absolute Gasteiger partial charge is 0.121 e. The first-order valence-electron chi connectivity index (χ1n) is 4.15. The first kappa shape index (κ1) is 6.59. The SMILES string of the molecule is NC1(C(F)C2CCC2)CC1. The number of rotatable bonds is 2. The topological polar surface area (TPSA) is 26.0 Å². The van der Waals surface area contributed by atoms with E-state index in [1.165, 1.54) is 6.42 Å². The first-order valence-corrected chi connectivity index (χ1v) is 4.15. The van der Waals surface area contributed by atoms with Crippen LogP contribution in [0, 0.1) is 5.92 Å². The summed E-state index contributed by atoms with van der Waals surface area (Å²) in [5, 5.41) is 0. The molecule has 0 radical (unpaired) electrons. The summed E-state index contributed by atoms with van der Waals surface area (Å²) >= 11 is 0. The van der Waals surface area contributed by atoms with Gasteiger partial charge in [0.25, 0.3) is 0 Å². The highest BCUT2D eigenvalue weighted by atomic mass is 19.1. The van der Waals surface area contributed by atoms with Crippen molar-refractivity contribution in [3.05, 3.63) is 0 Å². The quantitative estimate of drug-likeness (QED) is 0.624. The summed E-state index contributed by atoms with van der Waals surface area (Å²) in [4.78, 5) is 0. The number of nitrogens with two attached hydrogens (primary N) is 1. The first-order chi connectivity index (χ1) is 4.72. The maximum absolute atomic E-state index is 13.3. The Morgan fingerprint density at radius 2 is 2.00 bits per heavy atom. The molecule has 2 fully saturated rings. The molecule has 0 aliphatic heterocycles. The van der Waals surface area contributed by atoms with Gasteiger partial charge in [-0.1, -0.05) is 6.42 Å². The molecular formula is C8H14FN. The van der Waals surface area contributed by atoms with Crippen LogP contribution in [-0.4, -0.2) is 11.7 Å². The minimum absolute atomic E-state index is 0.312. The Kier molecular flexibility index (Phi) is 1.28. The largest absolute Gasteiger partial charge is 0.323 e. The van der Waals surface area contributed by atoms with Crippen LogP contribution in [0.4, 0.5) is 4.39 Å². The highest BCUT2D eigenvalue weighted by molar-refractivity contribution is 5.07. The summed E-state index contributed by atoms with van der Waals surface area (Å²) in [6.45, 7) is 0. The van der Waals surface area contributed by atoms with Crippen LogP contribution in [0.2, 0.25) is 0 Å². The van der Waals surface area contributed by atoms with Crippen molar-refractivity contribution < 1.29 is 4.39 Å². The standard InChI is InChI=1S/C8H14FN/c9-7(6-2-1-3-6)8(10)4-5-8/h6-7H,1-5,10H2. The van der Waals surface area contributed by atoms with E-state index in [9.17, 15) is 4.39 Å². The second-order valence-corrected chi connectivity index (χ2v) is 3.83. The fourth-order valence-electron chi connectivity index (χ4n) is 1.62. The molecule has 0 heterocycles. The summed E-state index contributed by atoms with van der Waals surface area (Å²) in [6.07, 6.45) is 4.47. The van der Waals surface area contributed by atoms with Crippen LogP contribution >= 0.6 is 0 Å². The second-order valence-electron chi connectivity index (χ2n) is 3.83. The predicted molar refractivity (Wildman–Crippen MR) is 38.4 cm³/mol. The van der Waals surface area contributed by atoms with Gasteiger partial charge in [0, 0.05) is 5.54 Å². The molecule has 1 nitrogen and oxygen atoms in total. The van der Waals surface area contributed by atoms with E-state index >= 15 is 0 Å². The van der Waals surface area contributed by atoms with Gasteiger partial charge in [0.05, 0.1) is 0 Å². The minimum atomic E-state index is -0.693. The molecule has 0 amide bonds. The molecule has 0 spiro atoms. The highest BCUT2D eigenvalue weighted by Crippen LogP contribution is 2.45. The lowest BCUT2D eigenvalue weighted by molar-refractivity contribution is 0.115. The lowest BCUT2D eigenvalue weighted by Gasteiger charge is -2.32. The van der Waals surface area contributed by atoms with Crippen molar-refractivity contribution in [1.29, 1.82) is 0 Å². The van der Waals surface area contributed by atoms with Gasteiger partial charge in [-0.2, -0.15) is 0 Å². The van der Waals surface area contributed by atoms with Gasteiger partial charge in [-0.15, -0.1) is 0 Å². The fourth-order valence-corrected chi connectivity index (χ4v) is 1.62. The van der Waals surface area contributed by atoms with Crippen LogP contribution in [0.25, 0.3) is 0 Å². The Balaban J connectivity index is 1.91. The molecule has 10 heavy (non-hydrogen) atoms. The van der Waals surface area contributed by atoms with Gasteiger partial charge in [-0.05, 0) is 31.6 Å². The lowest BCUT2D eigenvalue weighted by atomic mass is 9.79. The summed E-state index contributed by atoms with van der Waals surface area (Å²) in [5.74, 6) is 0.312. The van der Waals surface area contributed by atoms with Crippen LogP contribution in [0.3, 0.4) is 0 Å². The van der Waals surface area contributed by atoms with Crippen molar-refractivity contribution >= 4 is 0 Å². The Bertz CT molecular complexity index is 138. The molecule has 2 saturated carbocycles. The molecule has 58 valence electrons. The van der Waals surface area contributed by atoms with Crippen molar-refractivity contribution in [2.45, 2.75) is 43.8 Å². The van der Waals surface area contributed by atoms with Gasteiger partial charge < -0.3 is 5.73 Å². The number of hydrogen-bond donors (Lipinski definition) is 1. The van der Waals surface area contributed by atoms with Gasteiger partial charge in [0.1, 0.15) is 6.17 Å². The average Bonchev–Trinajstić information content (AvgIpc) is 2.44. The molecule has 2 rings (SSSR count). The molecule has 0 bridgehead atoms. The van der Waals surface area contributed by atoms with E-state index in [1.807, 2.05) is 0 Å². The Morgan fingerprint density at radius 3 is 2.30 bits per heavy atom. The van der Waals surface area contributed by atoms with Crippen molar-refractivity contribution in [2.24, 2.45) is 11.7 Å². The van der Waals surface area contributed by atoms with E-state index in [0.717, 1.165) is 25.7 Å². The average molecular weight is 143 g/mol. The Morgan fingerprint density at radius 1 is 1.40 bits per heavy atom. The number of halogens is 1. The van der Waals surface area contributed by atoms with Gasteiger partial charge in [0.15, 0.2) is 0 Å². The van der Waals surface area contributed by atoms with Gasteiger partial charge in [0.2, 0.25) is 0 Å². The second kappa shape index (κ2) is 1.94. The zero-order chi connectivity index (χ0) is 7.19. The molecule has 2 N–H and O–H groups in total. The molecule has 0 saturated heterocycles. The molecule has 0 aromatic heterocycles. The van der Waals surface area contributed by atoms with Crippen LogP contribution in [0.15, 0.2) is 0 Å².